The fraction of sp³-hybridized carbons (Fsp3) is 0.467. The van der Waals surface area contributed by atoms with E-state index in [9.17, 15) is 9.59 Å². The summed E-state index contributed by atoms with van der Waals surface area (Å²) in [5, 5.41) is 8.66. The van der Waals surface area contributed by atoms with Gasteiger partial charge in [-0.25, -0.2) is 0 Å². The van der Waals surface area contributed by atoms with Gasteiger partial charge in [0.05, 0.1) is 20.0 Å². The average molecular weight is 701 g/mol. The van der Waals surface area contributed by atoms with Crippen molar-refractivity contribution in [3.05, 3.63) is 85.6 Å². The van der Waals surface area contributed by atoms with E-state index in [1.165, 1.54) is 12.7 Å². The van der Waals surface area contributed by atoms with Gasteiger partial charge < -0.3 is 30.2 Å². The maximum atomic E-state index is 11.1. The number of ether oxygens (including phenoxy) is 1. The molecule has 0 saturated carbocycles. The molecular formula is C30H57NaO5Y2-2. The van der Waals surface area contributed by atoms with Crippen molar-refractivity contribution in [1.29, 1.82) is 0 Å². The quantitative estimate of drug-likeness (QED) is 0.223. The van der Waals surface area contributed by atoms with E-state index in [1.54, 1.807) is 0 Å². The summed E-state index contributed by atoms with van der Waals surface area (Å²) in [5.41, 5.74) is 4.44. The first-order valence-corrected chi connectivity index (χ1v) is 11.4. The van der Waals surface area contributed by atoms with Crippen LogP contribution < -0.4 is 29.6 Å². The second-order valence-electron chi connectivity index (χ2n) is 6.36. The third-order valence-electron chi connectivity index (χ3n) is 4.18. The predicted molar refractivity (Wildman–Crippen MR) is 156 cm³/mol. The molecule has 5 nitrogen and oxygen atoms in total. The van der Waals surface area contributed by atoms with Gasteiger partial charge in [-0.3, -0.25) is 9.59 Å². The predicted octanol–water partition coefficient (Wildman–Crippen LogP) is 5.52. The number of benzene rings is 2. The summed E-state index contributed by atoms with van der Waals surface area (Å²) in [6, 6.07) is 15.8. The monoisotopic (exact) mass is 700 g/mol. The third-order valence-corrected chi connectivity index (χ3v) is 4.18. The molecule has 0 aromatic heterocycles. The second kappa shape index (κ2) is 44.6. The van der Waals surface area contributed by atoms with Crippen molar-refractivity contribution in [2.24, 2.45) is 0 Å². The van der Waals surface area contributed by atoms with E-state index < -0.39 is 5.97 Å². The number of carbonyl (C=O) groups is 2. The van der Waals surface area contributed by atoms with Gasteiger partial charge in [-0.2, -0.15) is 0 Å². The number of carboxylic acids is 1. The fourth-order valence-corrected chi connectivity index (χ4v) is 2.88. The van der Waals surface area contributed by atoms with Gasteiger partial charge in [0.25, 0.3) is 0 Å². The number of rotatable bonds is 8. The zero-order chi connectivity index (χ0) is 24.1. The van der Waals surface area contributed by atoms with Gasteiger partial charge in [0.1, 0.15) is 0 Å². The summed E-state index contributed by atoms with van der Waals surface area (Å²) in [6.07, 6.45) is 4.65. The van der Waals surface area contributed by atoms with Crippen molar-refractivity contribution in [3.63, 3.8) is 0 Å². The van der Waals surface area contributed by atoms with Crippen LogP contribution in [-0.2, 0) is 105 Å². The van der Waals surface area contributed by atoms with Crippen LogP contribution in [0.1, 0.15) is 86.9 Å². The Balaban J connectivity index is -0.0000000346. The van der Waals surface area contributed by atoms with E-state index >= 15 is 0 Å². The molecule has 216 valence electrons. The minimum Gasteiger partial charge on any atom is -0.870 e. The maximum absolute atomic E-state index is 11.1. The van der Waals surface area contributed by atoms with Gasteiger partial charge in [-0.05, 0) is 35.1 Å². The van der Waals surface area contributed by atoms with Crippen LogP contribution >= 0.6 is 0 Å². The molecule has 0 atom stereocenters. The van der Waals surface area contributed by atoms with Crippen LogP contribution in [0.4, 0.5) is 0 Å². The minimum atomic E-state index is -0.761. The number of hydrogen-bond donors (Lipinski definition) is 1. The van der Waals surface area contributed by atoms with E-state index in [0.29, 0.717) is 6.42 Å². The normalized spacial score (nSPS) is 7.34. The molecule has 0 aliphatic rings. The van der Waals surface area contributed by atoms with Crippen molar-refractivity contribution in [2.45, 2.75) is 87.5 Å². The summed E-state index contributed by atoms with van der Waals surface area (Å²) < 4.78 is 4.65. The van der Waals surface area contributed by atoms with Crippen molar-refractivity contribution in [1.82, 2.24) is 0 Å². The van der Waals surface area contributed by atoms with Crippen LogP contribution in [0.3, 0.4) is 0 Å². The molecule has 0 spiro atoms. The standard InChI is InChI=1S/C12H16O2.C11H14O2.2C2H6.CH4.2CH3.Na.H2O.2Y.2H2/c1-3-6-10-7-4-5-8-11(10)9-12(13)14-2;1-2-5-9-6-3-4-7-10(9)8-11(12)13;2*1-2;;;;;;;;;/h4-5,7-8H,3,6,9H2,1-2H3;3-4,6-7H,2,5,8H2,1H3,(H,12,13);2*1-2H3;1H4;2*1H3;;1H2;;;2*1H/q;;;;;2*-1;+1;;;;;/p-1/i;;;;;;;;;;;2*1+1. The van der Waals surface area contributed by atoms with E-state index in [-0.39, 0.29) is 138 Å². The van der Waals surface area contributed by atoms with Crippen LogP contribution in [0, 0.1) is 14.9 Å². The number of carbonyl (C=O) groups excluding carboxylic acids is 1. The molecule has 0 aliphatic carbocycles. The van der Waals surface area contributed by atoms with Crippen LogP contribution in [0.2, 0.25) is 0 Å². The van der Waals surface area contributed by atoms with Crippen molar-refractivity contribution < 1.29 is 123 Å². The van der Waals surface area contributed by atoms with E-state index in [4.69, 9.17) is 5.11 Å². The van der Waals surface area contributed by atoms with E-state index in [2.05, 4.69) is 24.7 Å². The van der Waals surface area contributed by atoms with Gasteiger partial charge in [0.2, 0.25) is 0 Å². The van der Waals surface area contributed by atoms with Crippen LogP contribution in [-0.4, -0.2) is 29.6 Å². The minimum absolute atomic E-state index is 0. The number of methoxy groups -OCH3 is 1. The molecule has 0 fully saturated rings. The van der Waals surface area contributed by atoms with Crippen molar-refractivity contribution >= 4 is 11.9 Å². The molecule has 38 heavy (non-hydrogen) atoms. The van der Waals surface area contributed by atoms with Crippen LogP contribution in [0.25, 0.3) is 0 Å². The molecule has 0 aliphatic heterocycles. The maximum Gasteiger partial charge on any atom is 1.00 e. The molecule has 0 saturated heterocycles. The van der Waals surface area contributed by atoms with Gasteiger partial charge in [-0.15, -0.1) is 0 Å². The fourth-order valence-electron chi connectivity index (χ4n) is 2.88. The summed E-state index contributed by atoms with van der Waals surface area (Å²) in [6.45, 7) is 12.2. The van der Waals surface area contributed by atoms with Gasteiger partial charge >= 0.3 is 41.5 Å². The molecule has 0 bridgehead atoms. The SMILES string of the molecule is C.CC.CC.CCCc1ccccc1CC(=O)O.CCCc1ccccc1CC(=O)OC.[2HH].[2HH].[CH3-].[CH3-].[Na+].[OH-].[Y].[Y]. The number of aliphatic carboxylic acids is 1. The summed E-state index contributed by atoms with van der Waals surface area (Å²) >= 11 is 0. The van der Waals surface area contributed by atoms with Gasteiger partial charge in [0, 0.05) is 68.3 Å². The molecule has 2 radical (unpaired) electrons. The topological polar surface area (TPSA) is 93.6 Å². The van der Waals surface area contributed by atoms with E-state index in [0.717, 1.165) is 42.4 Å². The van der Waals surface area contributed by atoms with Crippen LogP contribution in [0.5, 0.6) is 0 Å². The molecule has 0 heterocycles. The Morgan fingerprint density at radius 3 is 1.29 bits per heavy atom. The van der Waals surface area contributed by atoms with Gasteiger partial charge in [-0.1, -0.05) is 110 Å². The second-order valence-corrected chi connectivity index (χ2v) is 6.36. The number of aryl methyl sites for hydroxylation is 2. The van der Waals surface area contributed by atoms with E-state index in [1.807, 2.05) is 70.2 Å². The van der Waals surface area contributed by atoms with Crippen LogP contribution in [0.15, 0.2) is 48.5 Å². The first-order chi connectivity index (χ1) is 15.0. The smallest absolute Gasteiger partial charge is 0.870 e. The molecule has 2 N–H and O–H groups in total. The first-order valence-electron chi connectivity index (χ1n) is 11.4. The molecular weight excluding hydrogens is 641 g/mol. The van der Waals surface area contributed by atoms with Crippen molar-refractivity contribution in [3.8, 4) is 0 Å². The first kappa shape index (κ1) is 62.2. The molecule has 2 aromatic carbocycles. The Hall–Kier alpha value is 0.548. The van der Waals surface area contributed by atoms with Gasteiger partial charge in [0.15, 0.2) is 0 Å². The summed E-state index contributed by atoms with van der Waals surface area (Å²) in [4.78, 5) is 21.6. The summed E-state index contributed by atoms with van der Waals surface area (Å²) in [7, 11) is 1.42. The Labute approximate surface area is 311 Å². The summed E-state index contributed by atoms with van der Waals surface area (Å²) in [5.74, 6) is -0.933. The number of hydrogen-bond acceptors (Lipinski definition) is 4. The molecule has 2 rings (SSSR count). The molecule has 0 unspecified atom stereocenters. The third kappa shape index (κ3) is 31.1. The molecule has 2 aromatic rings. The Kier molecular flexibility index (Phi) is 73.0. The average Bonchev–Trinajstić information content (AvgIpc) is 2.79. The zero-order valence-electron chi connectivity index (χ0n) is 25.1. The Morgan fingerprint density at radius 1 is 0.737 bits per heavy atom. The molecule has 0 amide bonds. The number of carboxylic acid groups (broad SMARTS) is 1. The largest absolute Gasteiger partial charge is 1.00 e. The Morgan fingerprint density at radius 2 is 1.03 bits per heavy atom. The Bertz CT molecular complexity index is 756. The number of esters is 1. The van der Waals surface area contributed by atoms with Crippen molar-refractivity contribution in [2.75, 3.05) is 7.11 Å². The zero-order valence-corrected chi connectivity index (χ0v) is 32.8. The molecule has 8 heteroatoms.